The summed E-state index contributed by atoms with van der Waals surface area (Å²) in [7, 11) is 0. The van der Waals surface area contributed by atoms with Crippen LogP contribution < -0.4 is 0 Å². The highest BCUT2D eigenvalue weighted by Gasteiger charge is 2.25. The summed E-state index contributed by atoms with van der Waals surface area (Å²) in [6.45, 7) is 2.18. The molecule has 0 N–H and O–H groups in total. The molecule has 0 atom stereocenters. The summed E-state index contributed by atoms with van der Waals surface area (Å²) in [5.74, 6) is -0.00310. The Bertz CT molecular complexity index is 696. The number of benzene rings is 1. The van der Waals surface area contributed by atoms with Gasteiger partial charge in [-0.2, -0.15) is 0 Å². The van der Waals surface area contributed by atoms with Gasteiger partial charge in [-0.3, -0.25) is 14.6 Å². The standard InChI is InChI=1S/C17H16BrN3O2/c18-15-3-1-13(2-4-15)16(22)20-9-11-21(12-10-20)17(23)14-5-7-19-8-6-14/h1-8H,9-12H2. The van der Waals surface area contributed by atoms with Gasteiger partial charge in [0.2, 0.25) is 0 Å². The van der Waals surface area contributed by atoms with E-state index in [1.165, 1.54) is 0 Å². The van der Waals surface area contributed by atoms with Crippen LogP contribution in [0, 0.1) is 0 Å². The molecule has 1 saturated heterocycles. The molecular weight excluding hydrogens is 358 g/mol. The number of carbonyl (C=O) groups excluding carboxylic acids is 2. The maximum absolute atomic E-state index is 12.5. The molecule has 118 valence electrons. The minimum absolute atomic E-state index is 0.00788. The van der Waals surface area contributed by atoms with Crippen LogP contribution in [0.15, 0.2) is 53.3 Å². The smallest absolute Gasteiger partial charge is 0.254 e. The van der Waals surface area contributed by atoms with E-state index >= 15 is 0 Å². The Morgan fingerprint density at radius 2 is 1.22 bits per heavy atom. The van der Waals surface area contributed by atoms with Crippen LogP contribution in [0.1, 0.15) is 20.7 Å². The van der Waals surface area contributed by atoms with Crippen molar-refractivity contribution in [1.29, 1.82) is 0 Å². The predicted molar refractivity (Wildman–Crippen MR) is 90.2 cm³/mol. The number of piperazine rings is 1. The van der Waals surface area contributed by atoms with Crippen LogP contribution in [0.2, 0.25) is 0 Å². The molecule has 1 fully saturated rings. The second-order valence-corrected chi connectivity index (χ2v) is 6.24. The van der Waals surface area contributed by atoms with Gasteiger partial charge in [-0.05, 0) is 36.4 Å². The molecule has 0 radical (unpaired) electrons. The average molecular weight is 374 g/mol. The van der Waals surface area contributed by atoms with Crippen molar-refractivity contribution in [3.05, 3.63) is 64.4 Å². The summed E-state index contributed by atoms with van der Waals surface area (Å²) in [4.78, 5) is 32.3. The maximum Gasteiger partial charge on any atom is 0.254 e. The van der Waals surface area contributed by atoms with Gasteiger partial charge in [0.15, 0.2) is 0 Å². The van der Waals surface area contributed by atoms with Crippen LogP contribution in [0.3, 0.4) is 0 Å². The highest BCUT2D eigenvalue weighted by molar-refractivity contribution is 9.10. The monoisotopic (exact) mass is 373 g/mol. The van der Waals surface area contributed by atoms with Crippen molar-refractivity contribution >= 4 is 27.7 Å². The number of carbonyl (C=O) groups is 2. The molecule has 1 aromatic heterocycles. The molecule has 3 rings (SSSR count). The topological polar surface area (TPSA) is 53.5 Å². The second-order valence-electron chi connectivity index (χ2n) is 5.33. The van der Waals surface area contributed by atoms with Gasteiger partial charge >= 0.3 is 0 Å². The number of hydrogen-bond donors (Lipinski definition) is 0. The van der Waals surface area contributed by atoms with Gasteiger partial charge in [0.1, 0.15) is 0 Å². The molecule has 1 aliphatic heterocycles. The zero-order valence-corrected chi connectivity index (χ0v) is 14.1. The number of amides is 2. The Morgan fingerprint density at radius 3 is 1.70 bits per heavy atom. The van der Waals surface area contributed by atoms with E-state index in [-0.39, 0.29) is 11.8 Å². The number of aromatic nitrogens is 1. The summed E-state index contributed by atoms with van der Waals surface area (Å²) >= 11 is 3.36. The fraction of sp³-hybridized carbons (Fsp3) is 0.235. The lowest BCUT2D eigenvalue weighted by Gasteiger charge is -2.34. The van der Waals surface area contributed by atoms with Crippen LogP contribution in [0.25, 0.3) is 0 Å². The maximum atomic E-state index is 12.5. The van der Waals surface area contributed by atoms with Crippen molar-refractivity contribution in [2.75, 3.05) is 26.2 Å². The van der Waals surface area contributed by atoms with E-state index in [0.717, 1.165) is 4.47 Å². The molecule has 0 unspecified atom stereocenters. The van der Waals surface area contributed by atoms with Gasteiger partial charge in [-0.1, -0.05) is 15.9 Å². The summed E-state index contributed by atoms with van der Waals surface area (Å²) in [5.41, 5.74) is 1.30. The third-order valence-corrected chi connectivity index (χ3v) is 4.40. The van der Waals surface area contributed by atoms with Crippen molar-refractivity contribution in [1.82, 2.24) is 14.8 Å². The summed E-state index contributed by atoms with van der Waals surface area (Å²) < 4.78 is 0.946. The zero-order chi connectivity index (χ0) is 16.2. The Balaban J connectivity index is 1.61. The van der Waals surface area contributed by atoms with E-state index in [0.29, 0.717) is 37.3 Å². The molecule has 23 heavy (non-hydrogen) atoms. The fourth-order valence-electron chi connectivity index (χ4n) is 2.56. The first-order valence-electron chi connectivity index (χ1n) is 7.39. The van der Waals surface area contributed by atoms with Gasteiger partial charge in [0.05, 0.1) is 0 Å². The average Bonchev–Trinajstić information content (AvgIpc) is 2.62. The number of halogens is 1. The van der Waals surface area contributed by atoms with Crippen LogP contribution in [0.5, 0.6) is 0 Å². The van der Waals surface area contributed by atoms with E-state index < -0.39 is 0 Å². The molecule has 0 bridgehead atoms. The fourth-order valence-corrected chi connectivity index (χ4v) is 2.83. The molecule has 1 aromatic carbocycles. The van der Waals surface area contributed by atoms with Crippen LogP contribution in [-0.2, 0) is 0 Å². The van der Waals surface area contributed by atoms with Gasteiger partial charge in [-0.15, -0.1) is 0 Å². The quantitative estimate of drug-likeness (QED) is 0.812. The van der Waals surface area contributed by atoms with E-state index in [9.17, 15) is 9.59 Å². The first kappa shape index (κ1) is 15.7. The molecule has 6 heteroatoms. The van der Waals surface area contributed by atoms with Gasteiger partial charge in [0.25, 0.3) is 11.8 Å². The minimum atomic E-state index is -0.0110. The van der Waals surface area contributed by atoms with Gasteiger partial charge in [0, 0.05) is 54.2 Å². The van der Waals surface area contributed by atoms with Crippen molar-refractivity contribution in [3.63, 3.8) is 0 Å². The number of hydrogen-bond acceptors (Lipinski definition) is 3. The van der Waals surface area contributed by atoms with E-state index in [2.05, 4.69) is 20.9 Å². The molecular formula is C17H16BrN3O2. The molecule has 5 nitrogen and oxygen atoms in total. The summed E-state index contributed by atoms with van der Waals surface area (Å²) in [5, 5.41) is 0. The zero-order valence-electron chi connectivity index (χ0n) is 12.5. The Morgan fingerprint density at radius 1 is 0.783 bits per heavy atom. The molecule has 1 aliphatic rings. The van der Waals surface area contributed by atoms with Crippen LogP contribution >= 0.6 is 15.9 Å². The molecule has 0 aliphatic carbocycles. The highest BCUT2D eigenvalue weighted by atomic mass is 79.9. The highest BCUT2D eigenvalue weighted by Crippen LogP contribution is 2.14. The predicted octanol–water partition coefficient (Wildman–Crippen LogP) is 2.44. The van der Waals surface area contributed by atoms with Crippen molar-refractivity contribution in [2.24, 2.45) is 0 Å². The minimum Gasteiger partial charge on any atom is -0.335 e. The SMILES string of the molecule is O=C(c1ccncc1)N1CCN(C(=O)c2ccc(Br)cc2)CC1. The summed E-state index contributed by atoms with van der Waals surface area (Å²) in [6.07, 6.45) is 3.22. The third kappa shape index (κ3) is 3.59. The lowest BCUT2D eigenvalue weighted by Crippen LogP contribution is -2.50. The second kappa shape index (κ2) is 6.91. The first-order valence-corrected chi connectivity index (χ1v) is 8.18. The van der Waals surface area contributed by atoms with Gasteiger partial charge < -0.3 is 9.80 Å². The number of nitrogens with zero attached hydrogens (tertiary/aromatic N) is 3. The molecule has 2 heterocycles. The lowest BCUT2D eigenvalue weighted by molar-refractivity contribution is 0.0535. The van der Waals surface area contributed by atoms with Gasteiger partial charge in [-0.25, -0.2) is 0 Å². The Hall–Kier alpha value is -2.21. The third-order valence-electron chi connectivity index (χ3n) is 3.87. The van der Waals surface area contributed by atoms with Crippen molar-refractivity contribution in [2.45, 2.75) is 0 Å². The first-order chi connectivity index (χ1) is 11.1. The molecule has 2 aromatic rings. The van der Waals surface area contributed by atoms with Crippen molar-refractivity contribution < 1.29 is 9.59 Å². The summed E-state index contributed by atoms with van der Waals surface area (Å²) in [6, 6.07) is 10.7. The van der Waals surface area contributed by atoms with Crippen LogP contribution in [0.4, 0.5) is 0 Å². The molecule has 0 saturated carbocycles. The van der Waals surface area contributed by atoms with E-state index in [4.69, 9.17) is 0 Å². The normalized spacial score (nSPS) is 14.7. The van der Waals surface area contributed by atoms with Crippen molar-refractivity contribution in [3.8, 4) is 0 Å². The number of pyridine rings is 1. The van der Waals surface area contributed by atoms with Crippen LogP contribution in [-0.4, -0.2) is 52.8 Å². The Kier molecular flexibility index (Phi) is 4.71. The molecule has 0 spiro atoms. The lowest BCUT2D eigenvalue weighted by atomic mass is 10.1. The Labute approximate surface area is 143 Å². The largest absolute Gasteiger partial charge is 0.335 e. The molecule has 2 amide bonds. The van der Waals surface area contributed by atoms with E-state index in [1.807, 2.05) is 12.1 Å². The van der Waals surface area contributed by atoms with E-state index in [1.54, 1.807) is 46.5 Å². The number of rotatable bonds is 2.